The molecule has 0 spiro atoms. The van der Waals surface area contributed by atoms with E-state index in [4.69, 9.17) is 16.7 Å². The molecule has 0 aliphatic rings. The molecule has 0 fully saturated rings. The molecule has 0 unspecified atom stereocenters. The molecule has 2 rings (SSSR count). The quantitative estimate of drug-likeness (QED) is 0.786. The highest BCUT2D eigenvalue weighted by Gasteiger charge is 2.13. The molecule has 0 aliphatic carbocycles. The third-order valence-electron chi connectivity index (χ3n) is 2.15. The molecular weight excluding hydrogens is 223 g/mol. The topological polar surface area (TPSA) is 20.2 Å². The van der Waals surface area contributed by atoms with E-state index in [2.05, 4.69) is 0 Å². The summed E-state index contributed by atoms with van der Waals surface area (Å²) in [7, 11) is 0. The van der Waals surface area contributed by atoms with Gasteiger partial charge in [0.1, 0.15) is 0 Å². The number of hydrogen-bond donors (Lipinski definition) is 1. The number of aliphatic hydroxyl groups excluding tert-OH is 1. The first-order valence-corrected chi connectivity index (χ1v) is 5.48. The van der Waals surface area contributed by atoms with Crippen molar-refractivity contribution in [2.24, 2.45) is 0 Å². The van der Waals surface area contributed by atoms with Crippen LogP contribution in [0.15, 0.2) is 18.2 Å². The highest BCUT2D eigenvalue weighted by molar-refractivity contribution is 7.17. The summed E-state index contributed by atoms with van der Waals surface area (Å²) in [5.74, 6) is 0.334. The van der Waals surface area contributed by atoms with Crippen molar-refractivity contribution in [3.8, 4) is 0 Å². The first-order valence-electron chi connectivity index (χ1n) is 4.13. The second-order valence-corrected chi connectivity index (χ2v) is 4.21. The van der Waals surface area contributed by atoms with Crippen LogP contribution in [-0.2, 0) is 12.5 Å². The van der Waals surface area contributed by atoms with Crippen molar-refractivity contribution in [3.63, 3.8) is 0 Å². The monoisotopic (exact) mass is 230 g/mol. The predicted molar refractivity (Wildman–Crippen MR) is 57.3 cm³/mol. The van der Waals surface area contributed by atoms with Crippen LogP contribution < -0.4 is 0 Å². The Morgan fingerprint density at radius 1 is 1.43 bits per heavy atom. The minimum Gasteiger partial charge on any atom is -0.392 e. The summed E-state index contributed by atoms with van der Waals surface area (Å²) in [6, 6.07) is 5.52. The molecule has 1 nitrogen and oxygen atoms in total. The molecule has 1 aromatic carbocycles. The van der Waals surface area contributed by atoms with E-state index in [1.165, 1.54) is 0 Å². The third kappa shape index (κ3) is 1.41. The van der Waals surface area contributed by atoms with Crippen molar-refractivity contribution in [2.45, 2.75) is 12.5 Å². The van der Waals surface area contributed by atoms with E-state index >= 15 is 0 Å². The molecule has 1 aromatic heterocycles. The molecule has 0 aliphatic heterocycles. The fourth-order valence-electron chi connectivity index (χ4n) is 1.51. The van der Waals surface area contributed by atoms with Gasteiger partial charge in [-0.25, -0.2) is 0 Å². The second kappa shape index (κ2) is 3.85. The summed E-state index contributed by atoms with van der Waals surface area (Å²) >= 11 is 6.79. The Balaban J connectivity index is 2.82. The van der Waals surface area contributed by atoms with Crippen LogP contribution >= 0.6 is 22.9 Å². The van der Waals surface area contributed by atoms with Gasteiger partial charge < -0.3 is 5.11 Å². The van der Waals surface area contributed by atoms with Crippen molar-refractivity contribution in [2.75, 3.05) is 0 Å². The number of hydrogen-bond acceptors (Lipinski definition) is 2. The standard InChI is InChI=1S/C10H8ClFOS/c11-4-6-2-1-3-8-9(6)7(5-13)10(12)14-8/h1-3,13H,4-5H2. The van der Waals surface area contributed by atoms with E-state index in [1.807, 2.05) is 18.2 Å². The van der Waals surface area contributed by atoms with E-state index in [0.717, 1.165) is 27.0 Å². The average molecular weight is 231 g/mol. The van der Waals surface area contributed by atoms with Gasteiger partial charge in [0.05, 0.1) is 6.61 Å². The number of alkyl halides is 1. The highest BCUT2D eigenvalue weighted by atomic mass is 35.5. The van der Waals surface area contributed by atoms with Gasteiger partial charge in [0.25, 0.3) is 0 Å². The predicted octanol–water partition coefficient (Wildman–Crippen LogP) is 3.27. The molecule has 1 N–H and O–H groups in total. The number of benzene rings is 1. The Bertz CT molecular complexity index is 466. The SMILES string of the molecule is OCc1c(F)sc2cccc(CCl)c12. The summed E-state index contributed by atoms with van der Waals surface area (Å²) in [5.41, 5.74) is 1.23. The van der Waals surface area contributed by atoms with Gasteiger partial charge in [0, 0.05) is 21.5 Å². The van der Waals surface area contributed by atoms with Crippen LogP contribution in [0.4, 0.5) is 4.39 Å². The molecule has 2 aromatic rings. The minimum atomic E-state index is -0.319. The zero-order chi connectivity index (χ0) is 10.1. The Morgan fingerprint density at radius 2 is 2.21 bits per heavy atom. The molecule has 0 bridgehead atoms. The van der Waals surface area contributed by atoms with Gasteiger partial charge in [0.2, 0.25) is 0 Å². The lowest BCUT2D eigenvalue weighted by Gasteiger charge is -2.00. The third-order valence-corrected chi connectivity index (χ3v) is 3.43. The number of aliphatic hydroxyl groups is 1. The van der Waals surface area contributed by atoms with E-state index < -0.39 is 0 Å². The van der Waals surface area contributed by atoms with Gasteiger partial charge in [-0.2, -0.15) is 4.39 Å². The number of halogens is 2. The van der Waals surface area contributed by atoms with Crippen LogP contribution in [0, 0.1) is 5.13 Å². The van der Waals surface area contributed by atoms with E-state index in [-0.39, 0.29) is 11.7 Å². The minimum absolute atomic E-state index is 0.278. The first kappa shape index (κ1) is 9.90. The van der Waals surface area contributed by atoms with Crippen LogP contribution in [-0.4, -0.2) is 5.11 Å². The van der Waals surface area contributed by atoms with Gasteiger partial charge in [-0.15, -0.1) is 22.9 Å². The van der Waals surface area contributed by atoms with Crippen molar-refractivity contribution >= 4 is 33.0 Å². The zero-order valence-electron chi connectivity index (χ0n) is 7.26. The van der Waals surface area contributed by atoms with E-state index in [1.54, 1.807) is 0 Å². The fraction of sp³-hybridized carbons (Fsp3) is 0.200. The highest BCUT2D eigenvalue weighted by Crippen LogP contribution is 2.33. The molecule has 1 heterocycles. The van der Waals surface area contributed by atoms with Crippen LogP contribution in [0.5, 0.6) is 0 Å². The average Bonchev–Trinajstić information content (AvgIpc) is 2.52. The Labute approximate surface area is 89.7 Å². The van der Waals surface area contributed by atoms with Crippen LogP contribution in [0.3, 0.4) is 0 Å². The fourth-order valence-corrected chi connectivity index (χ4v) is 2.72. The summed E-state index contributed by atoms with van der Waals surface area (Å²) in [6.45, 7) is -0.278. The smallest absolute Gasteiger partial charge is 0.183 e. The Hall–Kier alpha value is -0.640. The Morgan fingerprint density at radius 3 is 2.86 bits per heavy atom. The number of fused-ring (bicyclic) bond motifs is 1. The summed E-state index contributed by atoms with van der Waals surface area (Å²) < 4.78 is 14.2. The van der Waals surface area contributed by atoms with Crippen molar-refractivity contribution in [3.05, 3.63) is 34.5 Å². The lowest BCUT2D eigenvalue weighted by atomic mass is 10.1. The molecule has 0 saturated carbocycles. The maximum atomic E-state index is 13.3. The van der Waals surface area contributed by atoms with Crippen molar-refractivity contribution in [1.82, 2.24) is 0 Å². The lowest BCUT2D eigenvalue weighted by molar-refractivity contribution is 0.279. The normalized spacial score (nSPS) is 11.1. The summed E-state index contributed by atoms with van der Waals surface area (Å²) in [6.07, 6.45) is 0. The van der Waals surface area contributed by atoms with Gasteiger partial charge in [-0.3, -0.25) is 0 Å². The van der Waals surface area contributed by atoms with Gasteiger partial charge in [0.15, 0.2) is 5.13 Å². The molecule has 0 saturated heterocycles. The lowest BCUT2D eigenvalue weighted by Crippen LogP contribution is -1.87. The number of thiophene rings is 1. The molecule has 74 valence electrons. The summed E-state index contributed by atoms with van der Waals surface area (Å²) in [5, 5.41) is 9.50. The van der Waals surface area contributed by atoms with Gasteiger partial charge in [-0.1, -0.05) is 12.1 Å². The second-order valence-electron chi connectivity index (χ2n) is 2.94. The van der Waals surface area contributed by atoms with Crippen LogP contribution in [0.1, 0.15) is 11.1 Å². The maximum absolute atomic E-state index is 13.3. The Kier molecular flexibility index (Phi) is 2.72. The molecule has 0 radical (unpaired) electrons. The van der Waals surface area contributed by atoms with Crippen molar-refractivity contribution in [1.29, 1.82) is 0 Å². The van der Waals surface area contributed by atoms with E-state index in [9.17, 15) is 4.39 Å². The molecule has 14 heavy (non-hydrogen) atoms. The summed E-state index contributed by atoms with van der Waals surface area (Å²) in [4.78, 5) is 0. The van der Waals surface area contributed by atoms with Gasteiger partial charge >= 0.3 is 0 Å². The molecule has 0 atom stereocenters. The zero-order valence-corrected chi connectivity index (χ0v) is 8.83. The number of rotatable bonds is 2. The largest absolute Gasteiger partial charge is 0.392 e. The van der Waals surface area contributed by atoms with Crippen LogP contribution in [0.25, 0.3) is 10.1 Å². The molecular formula is C10H8ClFOS. The van der Waals surface area contributed by atoms with Crippen LogP contribution in [0.2, 0.25) is 0 Å². The maximum Gasteiger partial charge on any atom is 0.183 e. The van der Waals surface area contributed by atoms with E-state index in [0.29, 0.717) is 11.4 Å². The van der Waals surface area contributed by atoms with Crippen molar-refractivity contribution < 1.29 is 9.50 Å². The molecule has 4 heteroatoms. The van der Waals surface area contributed by atoms with Gasteiger partial charge in [-0.05, 0) is 11.6 Å². The molecule has 0 amide bonds. The first-order chi connectivity index (χ1) is 6.77.